The molecule has 0 saturated carbocycles. The third-order valence-corrected chi connectivity index (χ3v) is 5.42. The lowest BCUT2D eigenvalue weighted by molar-refractivity contribution is -0.137. The Labute approximate surface area is 175 Å². The maximum atomic E-state index is 13.0. The van der Waals surface area contributed by atoms with Crippen LogP contribution in [0.2, 0.25) is 5.02 Å². The molecule has 9 heteroatoms. The molecule has 5 nitrogen and oxygen atoms in total. The first kappa shape index (κ1) is 20.3. The normalized spacial score (nSPS) is 14.8. The first-order valence-electron chi connectivity index (χ1n) is 9.35. The van der Waals surface area contributed by atoms with Crippen LogP contribution in [-0.2, 0) is 6.18 Å². The molecular weight excluding hydrogens is 417 g/mol. The summed E-state index contributed by atoms with van der Waals surface area (Å²) in [6.07, 6.45) is -2.82. The van der Waals surface area contributed by atoms with Gasteiger partial charge in [0.05, 0.1) is 23.1 Å². The van der Waals surface area contributed by atoms with Crippen molar-refractivity contribution in [3.05, 3.63) is 81.7 Å². The molecule has 3 aromatic rings. The molecule has 0 radical (unpaired) electrons. The summed E-state index contributed by atoms with van der Waals surface area (Å²) in [7, 11) is 0. The quantitative estimate of drug-likeness (QED) is 0.618. The van der Waals surface area contributed by atoms with Crippen LogP contribution in [0.4, 0.5) is 24.5 Å². The van der Waals surface area contributed by atoms with Gasteiger partial charge in [0.1, 0.15) is 5.02 Å². The maximum absolute atomic E-state index is 13.0. The third kappa shape index (κ3) is 4.00. The van der Waals surface area contributed by atoms with E-state index in [1.54, 1.807) is 36.5 Å². The van der Waals surface area contributed by atoms with Gasteiger partial charge < -0.3 is 9.80 Å². The van der Waals surface area contributed by atoms with Crippen LogP contribution in [0.5, 0.6) is 0 Å². The van der Waals surface area contributed by atoms with Gasteiger partial charge in [0.15, 0.2) is 0 Å². The second-order valence-electron chi connectivity index (χ2n) is 6.92. The number of piperazine rings is 1. The van der Waals surface area contributed by atoms with Crippen LogP contribution < -0.4 is 15.4 Å². The molecule has 2 heterocycles. The topological polar surface area (TPSA) is 41.4 Å². The molecule has 0 N–H and O–H groups in total. The molecule has 30 heavy (non-hydrogen) atoms. The fourth-order valence-corrected chi connectivity index (χ4v) is 3.73. The van der Waals surface area contributed by atoms with Gasteiger partial charge in [-0.1, -0.05) is 35.9 Å². The minimum Gasteiger partial charge on any atom is -0.368 e. The van der Waals surface area contributed by atoms with Crippen molar-refractivity contribution in [3.8, 4) is 5.69 Å². The van der Waals surface area contributed by atoms with Gasteiger partial charge in [-0.15, -0.1) is 0 Å². The number of hydrogen-bond acceptors (Lipinski definition) is 4. The number of rotatable bonds is 3. The highest BCUT2D eigenvalue weighted by atomic mass is 35.5. The van der Waals surface area contributed by atoms with Crippen LogP contribution in [0.25, 0.3) is 5.69 Å². The SMILES string of the molecule is O=c1c(Cl)c(N2CCN(c3cccc(C(F)(F)F)c3)CC2)cnn1-c1ccccc1. The summed E-state index contributed by atoms with van der Waals surface area (Å²) >= 11 is 6.35. The highest BCUT2D eigenvalue weighted by Crippen LogP contribution is 2.32. The van der Waals surface area contributed by atoms with Crippen molar-refractivity contribution >= 4 is 23.0 Å². The number of aromatic nitrogens is 2. The predicted molar refractivity (Wildman–Crippen MR) is 111 cm³/mol. The fraction of sp³-hybridized carbons (Fsp3) is 0.238. The van der Waals surface area contributed by atoms with Gasteiger partial charge in [-0.05, 0) is 30.3 Å². The second-order valence-corrected chi connectivity index (χ2v) is 7.30. The van der Waals surface area contributed by atoms with Crippen molar-refractivity contribution in [1.29, 1.82) is 0 Å². The van der Waals surface area contributed by atoms with Crippen LogP contribution in [-0.4, -0.2) is 36.0 Å². The van der Waals surface area contributed by atoms with Gasteiger partial charge in [-0.3, -0.25) is 4.79 Å². The number of nitrogens with zero attached hydrogens (tertiary/aromatic N) is 4. The number of para-hydroxylation sites is 1. The molecule has 2 aromatic carbocycles. The van der Waals surface area contributed by atoms with Crippen LogP contribution in [0.3, 0.4) is 0 Å². The molecule has 1 aromatic heterocycles. The Balaban J connectivity index is 1.51. The van der Waals surface area contributed by atoms with Crippen molar-refractivity contribution in [2.45, 2.75) is 6.18 Å². The molecule has 4 rings (SSSR count). The molecule has 1 aliphatic rings. The highest BCUT2D eigenvalue weighted by Gasteiger charge is 2.31. The van der Waals surface area contributed by atoms with Gasteiger partial charge in [0.25, 0.3) is 5.56 Å². The average Bonchev–Trinajstić information content (AvgIpc) is 2.76. The second kappa shape index (κ2) is 8.02. The van der Waals surface area contributed by atoms with E-state index in [9.17, 15) is 18.0 Å². The Bertz CT molecular complexity index is 1090. The van der Waals surface area contributed by atoms with Crippen LogP contribution in [0.15, 0.2) is 65.6 Å². The zero-order valence-electron chi connectivity index (χ0n) is 15.8. The summed E-state index contributed by atoms with van der Waals surface area (Å²) in [5.41, 5.74) is 0.580. The standard InChI is InChI=1S/C21H18ClF3N4O/c22-19-18(14-26-29(20(19)30)16-6-2-1-3-7-16)28-11-9-27(10-12-28)17-8-4-5-15(13-17)21(23,24)25/h1-8,13-14H,9-12H2. The molecular formula is C21H18ClF3N4O. The number of hydrogen-bond donors (Lipinski definition) is 0. The van der Waals surface area contributed by atoms with Gasteiger partial charge in [0, 0.05) is 31.9 Å². The van der Waals surface area contributed by atoms with Crippen molar-refractivity contribution in [2.24, 2.45) is 0 Å². The van der Waals surface area contributed by atoms with Gasteiger partial charge in [-0.2, -0.15) is 23.0 Å². The predicted octanol–water partition coefficient (Wildman–Crippen LogP) is 4.23. The Morgan fingerprint density at radius 1 is 0.867 bits per heavy atom. The van der Waals surface area contributed by atoms with E-state index in [0.29, 0.717) is 43.2 Å². The lowest BCUT2D eigenvalue weighted by atomic mass is 10.1. The summed E-state index contributed by atoms with van der Waals surface area (Å²) in [6, 6.07) is 14.3. The minimum absolute atomic E-state index is 0.0707. The Morgan fingerprint density at radius 3 is 2.17 bits per heavy atom. The third-order valence-electron chi connectivity index (χ3n) is 5.06. The molecule has 156 valence electrons. The number of benzene rings is 2. The lowest BCUT2D eigenvalue weighted by Gasteiger charge is -2.37. The Kier molecular flexibility index (Phi) is 5.42. The molecule has 0 aliphatic carbocycles. The van der Waals surface area contributed by atoms with Crippen LogP contribution >= 0.6 is 11.6 Å². The van der Waals surface area contributed by atoms with E-state index in [0.717, 1.165) is 12.1 Å². The number of anilines is 2. The average molecular weight is 435 g/mol. The smallest absolute Gasteiger partial charge is 0.368 e. The summed E-state index contributed by atoms with van der Waals surface area (Å²) in [4.78, 5) is 16.5. The van der Waals surface area contributed by atoms with E-state index in [2.05, 4.69) is 5.10 Å². The van der Waals surface area contributed by atoms with Crippen LogP contribution in [0.1, 0.15) is 5.56 Å². The first-order chi connectivity index (χ1) is 14.3. The molecule has 0 atom stereocenters. The van der Waals surface area contributed by atoms with Crippen LogP contribution in [0, 0.1) is 0 Å². The molecule has 0 unspecified atom stereocenters. The minimum atomic E-state index is -4.38. The summed E-state index contributed by atoms with van der Waals surface area (Å²) < 4.78 is 40.2. The summed E-state index contributed by atoms with van der Waals surface area (Å²) in [6.45, 7) is 2.01. The van der Waals surface area contributed by atoms with E-state index in [1.165, 1.54) is 10.7 Å². The molecule has 1 fully saturated rings. The van der Waals surface area contributed by atoms with Gasteiger partial charge in [0.2, 0.25) is 0 Å². The molecule has 0 bridgehead atoms. The highest BCUT2D eigenvalue weighted by molar-refractivity contribution is 6.33. The lowest BCUT2D eigenvalue weighted by Crippen LogP contribution is -2.47. The Hall–Kier alpha value is -3.00. The van der Waals surface area contributed by atoms with Crippen molar-refractivity contribution < 1.29 is 13.2 Å². The summed E-state index contributed by atoms with van der Waals surface area (Å²) in [5, 5.41) is 4.31. The van der Waals surface area contributed by atoms with E-state index >= 15 is 0 Å². The fourth-order valence-electron chi connectivity index (χ4n) is 3.48. The van der Waals surface area contributed by atoms with Gasteiger partial charge >= 0.3 is 6.18 Å². The van der Waals surface area contributed by atoms with E-state index < -0.39 is 17.3 Å². The first-order valence-corrected chi connectivity index (χ1v) is 9.73. The Morgan fingerprint density at radius 2 is 1.50 bits per heavy atom. The van der Waals surface area contributed by atoms with Crippen molar-refractivity contribution in [3.63, 3.8) is 0 Å². The molecule has 0 spiro atoms. The largest absolute Gasteiger partial charge is 0.416 e. The maximum Gasteiger partial charge on any atom is 0.416 e. The molecule has 1 saturated heterocycles. The van der Waals surface area contributed by atoms with E-state index in [-0.39, 0.29) is 5.02 Å². The monoisotopic (exact) mass is 434 g/mol. The van der Waals surface area contributed by atoms with Crippen molar-refractivity contribution in [2.75, 3.05) is 36.0 Å². The van der Waals surface area contributed by atoms with Gasteiger partial charge in [-0.25, -0.2) is 0 Å². The van der Waals surface area contributed by atoms with E-state index in [1.807, 2.05) is 15.9 Å². The zero-order valence-corrected chi connectivity index (χ0v) is 16.6. The number of halogens is 4. The molecule has 1 aliphatic heterocycles. The molecule has 0 amide bonds. The zero-order chi connectivity index (χ0) is 21.3. The number of alkyl halides is 3. The van der Waals surface area contributed by atoms with E-state index in [4.69, 9.17) is 11.6 Å². The van der Waals surface area contributed by atoms with Crippen molar-refractivity contribution in [1.82, 2.24) is 9.78 Å². The summed E-state index contributed by atoms with van der Waals surface area (Å²) in [5.74, 6) is 0.